The van der Waals surface area contributed by atoms with Crippen molar-refractivity contribution in [2.75, 3.05) is 14.1 Å². The molecule has 0 aromatic carbocycles. The van der Waals surface area contributed by atoms with E-state index in [-0.39, 0.29) is 11.5 Å². The molecule has 2 fully saturated rings. The second kappa shape index (κ2) is 2.94. The number of aliphatic hydroxyl groups excluding tert-OH is 1. The zero-order chi connectivity index (χ0) is 9.64. The monoisotopic (exact) mass is 185 g/mol. The summed E-state index contributed by atoms with van der Waals surface area (Å²) in [5.74, 6) is 0. The lowest BCUT2D eigenvalue weighted by molar-refractivity contribution is -0.217. The van der Waals surface area contributed by atoms with Gasteiger partial charge in [-0.15, -0.1) is 0 Å². The highest BCUT2D eigenvalue weighted by molar-refractivity contribution is 5.06. The maximum Gasteiger partial charge on any atom is 0.162 e. The number of hydrogen-bond donors (Lipinski definition) is 1. The van der Waals surface area contributed by atoms with E-state index in [9.17, 15) is 5.11 Å². The molecule has 0 bridgehead atoms. The molecule has 1 heterocycles. The van der Waals surface area contributed by atoms with Crippen molar-refractivity contribution in [3.05, 3.63) is 0 Å². The maximum absolute atomic E-state index is 9.84. The predicted octanol–water partition coefficient (Wildman–Crippen LogP) is 0.824. The fraction of sp³-hybridized carbons (Fsp3) is 1.00. The van der Waals surface area contributed by atoms with Crippen LogP contribution in [0.3, 0.4) is 0 Å². The zero-order valence-electron chi connectivity index (χ0n) is 8.66. The van der Waals surface area contributed by atoms with Gasteiger partial charge in [0.2, 0.25) is 0 Å². The molecule has 0 unspecified atom stereocenters. The minimum Gasteiger partial charge on any atom is -0.367 e. The second-order valence-electron chi connectivity index (χ2n) is 4.75. The van der Waals surface area contributed by atoms with Crippen molar-refractivity contribution in [3.8, 4) is 0 Å². The van der Waals surface area contributed by atoms with E-state index in [0.29, 0.717) is 6.04 Å². The fourth-order valence-electron chi connectivity index (χ4n) is 2.57. The fourth-order valence-corrected chi connectivity index (χ4v) is 2.57. The highest BCUT2D eigenvalue weighted by Gasteiger charge is 2.59. The van der Waals surface area contributed by atoms with Crippen molar-refractivity contribution in [2.45, 2.75) is 44.6 Å². The first-order valence-electron chi connectivity index (χ1n) is 5.06. The standard InChI is InChI=1S/C10H19NO2/c1-7-6-8(11(2)3)10(4-5-10)9(12)13-7/h7-9,12H,4-6H2,1-3H3/t7-,8+,9-/m1/s1. The summed E-state index contributed by atoms with van der Waals surface area (Å²) >= 11 is 0. The molecular formula is C10H19NO2. The second-order valence-corrected chi connectivity index (χ2v) is 4.75. The van der Waals surface area contributed by atoms with Crippen molar-refractivity contribution in [2.24, 2.45) is 5.41 Å². The van der Waals surface area contributed by atoms with Gasteiger partial charge >= 0.3 is 0 Å². The van der Waals surface area contributed by atoms with Gasteiger partial charge in [0, 0.05) is 11.5 Å². The Morgan fingerprint density at radius 3 is 2.46 bits per heavy atom. The first-order chi connectivity index (χ1) is 6.06. The van der Waals surface area contributed by atoms with Crippen molar-refractivity contribution in [1.82, 2.24) is 4.90 Å². The molecule has 1 aliphatic carbocycles. The summed E-state index contributed by atoms with van der Waals surface area (Å²) in [4.78, 5) is 2.23. The van der Waals surface area contributed by atoms with E-state index < -0.39 is 6.29 Å². The van der Waals surface area contributed by atoms with Crippen LogP contribution in [0.4, 0.5) is 0 Å². The first-order valence-corrected chi connectivity index (χ1v) is 5.06. The van der Waals surface area contributed by atoms with Gasteiger partial charge in [-0.25, -0.2) is 0 Å². The molecule has 1 N–H and O–H groups in total. The average molecular weight is 185 g/mol. The average Bonchev–Trinajstić information content (AvgIpc) is 2.78. The summed E-state index contributed by atoms with van der Waals surface area (Å²) in [7, 11) is 4.19. The number of hydrogen-bond acceptors (Lipinski definition) is 3. The third kappa shape index (κ3) is 1.39. The topological polar surface area (TPSA) is 32.7 Å². The van der Waals surface area contributed by atoms with Crippen molar-refractivity contribution in [1.29, 1.82) is 0 Å². The Morgan fingerprint density at radius 2 is 2.00 bits per heavy atom. The molecule has 1 aliphatic heterocycles. The zero-order valence-corrected chi connectivity index (χ0v) is 8.66. The van der Waals surface area contributed by atoms with Crippen molar-refractivity contribution >= 4 is 0 Å². The highest BCUT2D eigenvalue weighted by Crippen LogP contribution is 2.56. The van der Waals surface area contributed by atoms with E-state index in [2.05, 4.69) is 19.0 Å². The summed E-state index contributed by atoms with van der Waals surface area (Å²) in [6, 6.07) is 0.492. The van der Waals surface area contributed by atoms with E-state index in [4.69, 9.17) is 4.74 Å². The van der Waals surface area contributed by atoms with Crippen LogP contribution in [0.2, 0.25) is 0 Å². The van der Waals surface area contributed by atoms with E-state index in [1.807, 2.05) is 6.92 Å². The lowest BCUT2D eigenvalue weighted by Crippen LogP contribution is -2.51. The van der Waals surface area contributed by atoms with Crippen LogP contribution in [0, 0.1) is 5.41 Å². The number of nitrogens with zero attached hydrogens (tertiary/aromatic N) is 1. The molecule has 0 amide bonds. The molecule has 3 atom stereocenters. The number of ether oxygens (including phenoxy) is 1. The Hall–Kier alpha value is -0.120. The van der Waals surface area contributed by atoms with Gasteiger partial charge in [-0.05, 0) is 40.3 Å². The van der Waals surface area contributed by atoms with Crippen LogP contribution in [-0.4, -0.2) is 42.5 Å². The third-order valence-electron chi connectivity index (χ3n) is 3.52. The molecule has 1 saturated heterocycles. The summed E-state index contributed by atoms with van der Waals surface area (Å²) in [6.45, 7) is 2.04. The first kappa shape index (κ1) is 9.44. The van der Waals surface area contributed by atoms with E-state index >= 15 is 0 Å². The molecule has 1 spiro atoms. The van der Waals surface area contributed by atoms with Crippen LogP contribution in [-0.2, 0) is 4.74 Å². The number of rotatable bonds is 1. The summed E-state index contributed by atoms with van der Waals surface area (Å²) in [5.41, 5.74) is 0.0655. The highest BCUT2D eigenvalue weighted by atomic mass is 16.6. The van der Waals surface area contributed by atoms with Crippen LogP contribution in [0.5, 0.6) is 0 Å². The SMILES string of the molecule is C[C@@H]1C[C@H](N(C)C)C2(CC2)[C@H](O)O1. The lowest BCUT2D eigenvalue weighted by Gasteiger charge is -2.42. The summed E-state index contributed by atoms with van der Waals surface area (Å²) < 4.78 is 5.47. The molecule has 0 radical (unpaired) electrons. The minimum absolute atomic E-state index is 0.0655. The molecule has 0 aromatic heterocycles. The van der Waals surface area contributed by atoms with Gasteiger partial charge in [0.15, 0.2) is 6.29 Å². The largest absolute Gasteiger partial charge is 0.367 e. The van der Waals surface area contributed by atoms with Gasteiger partial charge in [-0.1, -0.05) is 0 Å². The van der Waals surface area contributed by atoms with Crippen LogP contribution in [0.15, 0.2) is 0 Å². The van der Waals surface area contributed by atoms with Gasteiger partial charge in [-0.2, -0.15) is 0 Å². The Morgan fingerprint density at radius 1 is 1.38 bits per heavy atom. The minimum atomic E-state index is -0.538. The Labute approximate surface area is 79.7 Å². The molecule has 3 nitrogen and oxygen atoms in total. The van der Waals surface area contributed by atoms with E-state index in [0.717, 1.165) is 19.3 Å². The van der Waals surface area contributed by atoms with Gasteiger partial charge in [-0.3, -0.25) is 0 Å². The normalized spacial score (nSPS) is 42.7. The Bertz CT molecular complexity index is 201. The van der Waals surface area contributed by atoms with E-state index in [1.54, 1.807) is 0 Å². The van der Waals surface area contributed by atoms with Gasteiger partial charge in [0.05, 0.1) is 6.10 Å². The molecule has 2 aliphatic rings. The van der Waals surface area contributed by atoms with Crippen LogP contribution < -0.4 is 0 Å². The maximum atomic E-state index is 9.84. The van der Waals surface area contributed by atoms with Gasteiger partial charge in [0.25, 0.3) is 0 Å². The van der Waals surface area contributed by atoms with Gasteiger partial charge in [0.1, 0.15) is 0 Å². The van der Waals surface area contributed by atoms with Crippen molar-refractivity contribution < 1.29 is 9.84 Å². The molecule has 76 valence electrons. The predicted molar refractivity (Wildman–Crippen MR) is 50.3 cm³/mol. The van der Waals surface area contributed by atoms with Crippen molar-refractivity contribution in [3.63, 3.8) is 0 Å². The smallest absolute Gasteiger partial charge is 0.162 e. The van der Waals surface area contributed by atoms with Crippen LogP contribution in [0.25, 0.3) is 0 Å². The van der Waals surface area contributed by atoms with E-state index in [1.165, 1.54) is 0 Å². The Balaban J connectivity index is 2.14. The molecule has 13 heavy (non-hydrogen) atoms. The summed E-state index contributed by atoms with van der Waals surface area (Å²) in [5, 5.41) is 9.84. The molecule has 2 rings (SSSR count). The lowest BCUT2D eigenvalue weighted by atomic mass is 9.87. The van der Waals surface area contributed by atoms with Gasteiger partial charge < -0.3 is 14.7 Å². The molecular weight excluding hydrogens is 166 g/mol. The third-order valence-corrected chi connectivity index (χ3v) is 3.52. The molecule has 0 aromatic rings. The number of aliphatic hydroxyl groups is 1. The Kier molecular flexibility index (Phi) is 2.13. The quantitative estimate of drug-likeness (QED) is 0.656. The molecule has 1 saturated carbocycles. The van der Waals surface area contributed by atoms with Crippen LogP contribution >= 0.6 is 0 Å². The molecule has 3 heteroatoms. The summed E-state index contributed by atoms with van der Waals surface area (Å²) in [6.07, 6.45) is 2.93. The van der Waals surface area contributed by atoms with Crippen LogP contribution in [0.1, 0.15) is 26.2 Å².